The maximum absolute atomic E-state index is 13.1. The summed E-state index contributed by atoms with van der Waals surface area (Å²) in [6, 6.07) is 32.8. The molecule has 0 spiro atoms. The molecule has 0 aliphatic carbocycles. The minimum absolute atomic E-state index is 0. The lowest BCUT2D eigenvalue weighted by molar-refractivity contribution is -0.931. The van der Waals surface area contributed by atoms with Crippen LogP contribution in [0.3, 0.4) is 0 Å². The van der Waals surface area contributed by atoms with E-state index in [9.17, 15) is 4.79 Å². The molecule has 3 aromatic rings. The van der Waals surface area contributed by atoms with Crippen LogP contribution in [0.4, 0.5) is 0 Å². The molecule has 2 fully saturated rings. The zero-order valence-corrected chi connectivity index (χ0v) is 22.5. The Kier molecular flexibility index (Phi) is 7.83. The third kappa shape index (κ3) is 5.10. The van der Waals surface area contributed by atoms with Crippen molar-refractivity contribution in [2.45, 2.75) is 49.6 Å². The van der Waals surface area contributed by atoms with E-state index in [2.05, 4.69) is 80.1 Å². The Morgan fingerprint density at radius 3 is 1.74 bits per heavy atom. The summed E-state index contributed by atoms with van der Waals surface area (Å²) in [4.78, 5) is 13.1. The van der Waals surface area contributed by atoms with Crippen LogP contribution in [0.5, 0.6) is 0 Å². The molecule has 1 N–H and O–H groups in total. The number of piperidine rings is 1. The summed E-state index contributed by atoms with van der Waals surface area (Å²) in [5.74, 6) is 0.649. The summed E-state index contributed by atoms with van der Waals surface area (Å²) in [6.45, 7) is 0.596. The van der Waals surface area contributed by atoms with Crippen LogP contribution in [0.15, 0.2) is 91.0 Å². The average Bonchev–Trinajstić information content (AvgIpc) is 3.03. The van der Waals surface area contributed by atoms with Crippen molar-refractivity contribution >= 4 is 5.91 Å². The molecule has 2 aliphatic heterocycles. The van der Waals surface area contributed by atoms with Gasteiger partial charge in [-0.25, -0.2) is 0 Å². The van der Waals surface area contributed by atoms with Crippen LogP contribution in [-0.2, 0) is 5.41 Å². The van der Waals surface area contributed by atoms with Crippen LogP contribution in [0.1, 0.15) is 53.6 Å². The van der Waals surface area contributed by atoms with E-state index in [4.69, 9.17) is 0 Å². The van der Waals surface area contributed by atoms with E-state index in [1.54, 1.807) is 0 Å². The van der Waals surface area contributed by atoms with Crippen LogP contribution in [0.25, 0.3) is 0 Å². The average molecular weight is 534 g/mol. The summed E-state index contributed by atoms with van der Waals surface area (Å²) < 4.78 is 1.19. The van der Waals surface area contributed by atoms with E-state index >= 15 is 0 Å². The second-order valence-corrected chi connectivity index (χ2v) is 10.9. The smallest absolute Gasteiger partial charge is 0.251 e. The van der Waals surface area contributed by atoms with Crippen LogP contribution in [-0.4, -0.2) is 43.1 Å². The van der Waals surface area contributed by atoms with Crippen LogP contribution < -0.4 is 22.3 Å². The Bertz CT molecular complexity index is 1050. The zero-order chi connectivity index (χ0) is 23.6. The fourth-order valence-electron chi connectivity index (χ4n) is 6.77. The number of hydrogen-bond donors (Lipinski definition) is 1. The summed E-state index contributed by atoms with van der Waals surface area (Å²) in [5.41, 5.74) is 3.04. The number of quaternary nitrogens is 1. The third-order valence-corrected chi connectivity index (χ3v) is 8.80. The van der Waals surface area contributed by atoms with Crippen molar-refractivity contribution < 1.29 is 26.3 Å². The first-order valence-electron chi connectivity index (χ1n) is 12.8. The lowest BCUT2D eigenvalue weighted by atomic mass is 9.66. The van der Waals surface area contributed by atoms with Crippen LogP contribution >= 0.6 is 0 Å². The van der Waals surface area contributed by atoms with E-state index in [1.807, 2.05) is 30.3 Å². The molecule has 0 aromatic heterocycles. The van der Waals surface area contributed by atoms with Gasteiger partial charge in [0.25, 0.3) is 5.91 Å². The number of nitrogens with one attached hydrogen (secondary N) is 1. The molecular weight excluding hydrogens is 496 g/mol. The van der Waals surface area contributed by atoms with Crippen molar-refractivity contribution in [3.63, 3.8) is 0 Å². The maximum atomic E-state index is 13.1. The SMILES string of the molecule is C[N+]1(C)[C@@H]2CC[C@H]1C[C@@H](CC(CNC(=O)c1ccccc1)(c1ccccc1)c1ccccc1)C2.[Br-]. The van der Waals surface area contributed by atoms with Gasteiger partial charge in [0.1, 0.15) is 0 Å². The van der Waals surface area contributed by atoms with Gasteiger partial charge in [0.05, 0.1) is 26.2 Å². The van der Waals surface area contributed by atoms with Gasteiger partial charge in [-0.2, -0.15) is 0 Å². The van der Waals surface area contributed by atoms with Gasteiger partial charge in [-0.3, -0.25) is 4.79 Å². The molecule has 35 heavy (non-hydrogen) atoms. The van der Waals surface area contributed by atoms with Crippen molar-refractivity contribution in [3.8, 4) is 0 Å². The molecular formula is C31H37BrN2O. The van der Waals surface area contributed by atoms with Crippen LogP contribution in [0.2, 0.25) is 0 Å². The van der Waals surface area contributed by atoms with Crippen molar-refractivity contribution in [1.29, 1.82) is 0 Å². The topological polar surface area (TPSA) is 29.1 Å². The number of fused-ring (bicyclic) bond motifs is 2. The first-order valence-corrected chi connectivity index (χ1v) is 12.8. The van der Waals surface area contributed by atoms with Gasteiger partial charge in [-0.05, 0) is 35.6 Å². The number of amides is 1. The minimum atomic E-state index is -0.258. The van der Waals surface area contributed by atoms with Gasteiger partial charge >= 0.3 is 0 Å². The fourth-order valence-corrected chi connectivity index (χ4v) is 6.77. The Balaban J connectivity index is 0.00000289. The molecule has 3 nitrogen and oxygen atoms in total. The Hall–Kier alpha value is -2.43. The van der Waals surface area contributed by atoms with Crippen LogP contribution in [0, 0.1) is 5.92 Å². The molecule has 4 heteroatoms. The van der Waals surface area contributed by atoms with E-state index in [1.165, 1.54) is 41.3 Å². The third-order valence-electron chi connectivity index (χ3n) is 8.80. The molecule has 2 heterocycles. The first kappa shape index (κ1) is 25.7. The standard InChI is InChI=1S/C31H36N2O.BrH/c1-33(2)28-18-19-29(33)21-24(20-28)22-31(26-14-8-4-9-15-26,27-16-10-5-11-17-27)23-32-30(34)25-12-6-3-7-13-25;/h3-17,24,28-29H,18-23H2,1-2H3;1H/t24-,28+,29-;. The number of nitrogens with zero attached hydrogens (tertiary/aromatic N) is 1. The first-order chi connectivity index (χ1) is 16.5. The molecule has 3 atom stereocenters. The Labute approximate surface area is 220 Å². The lowest BCUT2D eigenvalue weighted by Crippen LogP contribution is -3.00. The fraction of sp³-hybridized carbons (Fsp3) is 0.387. The van der Waals surface area contributed by atoms with Gasteiger partial charge in [-0.1, -0.05) is 78.9 Å². The Morgan fingerprint density at radius 2 is 1.26 bits per heavy atom. The molecule has 0 saturated carbocycles. The second kappa shape index (κ2) is 10.7. The zero-order valence-electron chi connectivity index (χ0n) is 20.9. The van der Waals surface area contributed by atoms with Gasteiger partial charge in [0.2, 0.25) is 0 Å². The predicted molar refractivity (Wildman–Crippen MR) is 139 cm³/mol. The molecule has 184 valence electrons. The van der Waals surface area contributed by atoms with Gasteiger partial charge < -0.3 is 26.8 Å². The molecule has 2 saturated heterocycles. The number of carbonyl (C=O) groups excluding carboxylic acids is 1. The summed E-state index contributed by atoms with van der Waals surface area (Å²) >= 11 is 0. The van der Waals surface area contributed by atoms with E-state index in [-0.39, 0.29) is 28.3 Å². The predicted octanol–water partition coefficient (Wildman–Crippen LogP) is 2.81. The highest BCUT2D eigenvalue weighted by molar-refractivity contribution is 5.94. The monoisotopic (exact) mass is 532 g/mol. The van der Waals surface area contributed by atoms with Crippen molar-refractivity contribution in [2.75, 3.05) is 20.6 Å². The molecule has 2 bridgehead atoms. The molecule has 2 aliphatic rings. The van der Waals surface area contributed by atoms with Crippen molar-refractivity contribution in [1.82, 2.24) is 5.32 Å². The number of halogens is 1. The van der Waals surface area contributed by atoms with Crippen molar-refractivity contribution in [3.05, 3.63) is 108 Å². The normalized spacial score (nSPS) is 22.7. The summed E-state index contributed by atoms with van der Waals surface area (Å²) in [6.07, 6.45) is 6.31. The van der Waals surface area contributed by atoms with Crippen molar-refractivity contribution in [2.24, 2.45) is 5.92 Å². The molecule has 1 amide bonds. The summed E-state index contributed by atoms with van der Waals surface area (Å²) in [7, 11) is 4.86. The molecule has 0 unspecified atom stereocenters. The molecule has 3 aromatic carbocycles. The summed E-state index contributed by atoms with van der Waals surface area (Å²) in [5, 5.41) is 3.34. The quantitative estimate of drug-likeness (QED) is 0.466. The Morgan fingerprint density at radius 1 is 0.800 bits per heavy atom. The van der Waals surface area contributed by atoms with E-state index in [0.717, 1.165) is 18.5 Å². The van der Waals surface area contributed by atoms with Gasteiger partial charge in [-0.15, -0.1) is 0 Å². The van der Waals surface area contributed by atoms with Gasteiger partial charge in [0.15, 0.2) is 0 Å². The number of rotatable bonds is 7. The van der Waals surface area contributed by atoms with Gasteiger partial charge in [0, 0.05) is 43.2 Å². The maximum Gasteiger partial charge on any atom is 0.251 e. The molecule has 0 radical (unpaired) electrons. The number of hydrogen-bond acceptors (Lipinski definition) is 1. The second-order valence-electron chi connectivity index (χ2n) is 10.9. The highest BCUT2D eigenvalue weighted by Crippen LogP contribution is 2.47. The number of benzene rings is 3. The van der Waals surface area contributed by atoms with E-state index < -0.39 is 0 Å². The highest BCUT2D eigenvalue weighted by Gasteiger charge is 2.50. The van der Waals surface area contributed by atoms with E-state index in [0.29, 0.717) is 18.0 Å². The lowest BCUT2D eigenvalue weighted by Gasteiger charge is -2.47. The minimum Gasteiger partial charge on any atom is -1.00 e. The molecule has 5 rings (SSSR count). The largest absolute Gasteiger partial charge is 1.00 e. The highest BCUT2D eigenvalue weighted by atomic mass is 79.9. The number of carbonyl (C=O) groups is 1.